The molecule has 0 aliphatic heterocycles. The number of rotatable bonds is 4. The van der Waals surface area contributed by atoms with E-state index in [9.17, 15) is 9.59 Å². The predicted octanol–water partition coefficient (Wildman–Crippen LogP) is 3.16. The van der Waals surface area contributed by atoms with E-state index in [1.165, 1.54) is 40.7 Å². The zero-order chi connectivity index (χ0) is 15.9. The molecular weight excluding hydrogens is 296 g/mol. The van der Waals surface area contributed by atoms with E-state index in [4.69, 9.17) is 0 Å². The third-order valence-corrected chi connectivity index (χ3v) is 5.07. The molecule has 0 unspecified atom stereocenters. The third-order valence-electron chi connectivity index (χ3n) is 3.84. The first-order valence-electron chi connectivity index (χ1n) is 7.65. The fraction of sp³-hybridized carbons (Fsp3) is 0.412. The average molecular weight is 318 g/mol. The number of aryl methyl sites for hydroxylation is 1. The largest absolute Gasteiger partial charge is 0.279 e. The second-order valence-corrected chi connectivity index (χ2v) is 6.54. The summed E-state index contributed by atoms with van der Waals surface area (Å²) in [5, 5.41) is 0. The van der Waals surface area contributed by atoms with Gasteiger partial charge >= 0.3 is 0 Å². The Balaban J connectivity index is 1.91. The van der Waals surface area contributed by atoms with Crippen LogP contribution in [0.15, 0.2) is 30.4 Å². The van der Waals surface area contributed by atoms with Crippen molar-refractivity contribution in [2.75, 3.05) is 0 Å². The Morgan fingerprint density at radius 3 is 2.91 bits per heavy atom. The van der Waals surface area contributed by atoms with Crippen LogP contribution in [0.5, 0.6) is 0 Å². The number of carbonyl (C=O) groups is 2. The maximum Gasteiger partial charge on any atom is 0.279 e. The van der Waals surface area contributed by atoms with Gasteiger partial charge in [0.25, 0.3) is 11.8 Å². The molecule has 22 heavy (non-hydrogen) atoms. The highest BCUT2D eigenvalue weighted by molar-refractivity contribution is 7.14. The predicted molar refractivity (Wildman–Crippen MR) is 89.7 cm³/mol. The van der Waals surface area contributed by atoms with Crippen LogP contribution in [0, 0.1) is 5.92 Å². The van der Waals surface area contributed by atoms with Crippen molar-refractivity contribution in [3.63, 3.8) is 0 Å². The fourth-order valence-corrected chi connectivity index (χ4v) is 3.64. The number of hydrogen-bond donors (Lipinski definition) is 2. The monoisotopic (exact) mass is 318 g/mol. The van der Waals surface area contributed by atoms with Gasteiger partial charge in [0, 0.05) is 11.0 Å². The second kappa shape index (κ2) is 7.94. The van der Waals surface area contributed by atoms with Crippen molar-refractivity contribution in [1.82, 2.24) is 10.9 Å². The van der Waals surface area contributed by atoms with Crippen molar-refractivity contribution >= 4 is 23.2 Å². The van der Waals surface area contributed by atoms with Gasteiger partial charge in [-0.1, -0.05) is 31.6 Å². The third kappa shape index (κ3) is 4.31. The summed E-state index contributed by atoms with van der Waals surface area (Å²) in [5.74, 6) is 0.133. The van der Waals surface area contributed by atoms with E-state index < -0.39 is 0 Å². The molecule has 1 atom stereocenters. The number of amides is 2. The number of allylic oxidation sites excluding steroid dienone is 3. The summed E-state index contributed by atoms with van der Waals surface area (Å²) in [5.41, 5.74) is 6.14. The number of nitrogens with one attached hydrogen (secondary N) is 2. The molecule has 0 saturated heterocycles. The molecule has 0 saturated carbocycles. The van der Waals surface area contributed by atoms with E-state index in [1.54, 1.807) is 12.2 Å². The van der Waals surface area contributed by atoms with Crippen LogP contribution in [0.25, 0.3) is 0 Å². The molecular formula is C17H22N2O2S. The zero-order valence-electron chi connectivity index (χ0n) is 13.0. The van der Waals surface area contributed by atoms with Gasteiger partial charge in [-0.15, -0.1) is 11.3 Å². The first-order valence-corrected chi connectivity index (χ1v) is 8.47. The van der Waals surface area contributed by atoms with Crippen molar-refractivity contribution in [1.29, 1.82) is 0 Å². The fourth-order valence-electron chi connectivity index (χ4n) is 2.54. The second-order valence-electron chi connectivity index (χ2n) is 5.40. The first kappa shape index (κ1) is 16.5. The highest BCUT2D eigenvalue weighted by Gasteiger charge is 2.22. The Kier molecular flexibility index (Phi) is 5.95. The van der Waals surface area contributed by atoms with Gasteiger partial charge in [0.2, 0.25) is 0 Å². The molecule has 0 bridgehead atoms. The standard InChI is InChI=1S/C17H22N2O2S/c1-3-5-6-7-16(20)18-19-17(21)15-11-13-10-12(4-2)8-9-14(13)22-15/h3,5-7,11-12H,4,8-10H2,1-2H3,(H,18,20)(H,19,21)/b5-3+,7-6+/t12-/m1/s1. The number of thiophene rings is 1. The van der Waals surface area contributed by atoms with Crippen molar-refractivity contribution in [3.05, 3.63) is 45.7 Å². The van der Waals surface area contributed by atoms with Gasteiger partial charge in [-0.3, -0.25) is 20.4 Å². The van der Waals surface area contributed by atoms with Gasteiger partial charge in [0.15, 0.2) is 0 Å². The molecule has 0 fully saturated rings. The summed E-state index contributed by atoms with van der Waals surface area (Å²) in [6.45, 7) is 4.08. The molecule has 1 aliphatic carbocycles. The molecule has 0 aromatic carbocycles. The molecule has 118 valence electrons. The van der Waals surface area contributed by atoms with Gasteiger partial charge in [0.1, 0.15) is 0 Å². The lowest BCUT2D eigenvalue weighted by Gasteiger charge is -2.19. The summed E-state index contributed by atoms with van der Waals surface area (Å²) in [6, 6.07) is 1.97. The van der Waals surface area contributed by atoms with Crippen LogP contribution < -0.4 is 10.9 Å². The van der Waals surface area contributed by atoms with Gasteiger partial charge in [-0.05, 0) is 43.7 Å². The van der Waals surface area contributed by atoms with Gasteiger partial charge in [0.05, 0.1) is 4.88 Å². The normalized spacial score (nSPS) is 17.6. The minimum absolute atomic E-state index is 0.250. The SMILES string of the molecule is C/C=C/C=C/C(=O)NNC(=O)c1cc2c(s1)CC[C@@H](CC)C2. The van der Waals surface area contributed by atoms with E-state index in [0.717, 1.165) is 18.8 Å². The molecule has 4 nitrogen and oxygen atoms in total. The van der Waals surface area contributed by atoms with E-state index in [2.05, 4.69) is 17.8 Å². The lowest BCUT2D eigenvalue weighted by molar-refractivity contribution is -0.117. The topological polar surface area (TPSA) is 58.2 Å². The van der Waals surface area contributed by atoms with Crippen LogP contribution in [0.4, 0.5) is 0 Å². The van der Waals surface area contributed by atoms with Crippen LogP contribution in [-0.4, -0.2) is 11.8 Å². The maximum atomic E-state index is 12.1. The molecule has 1 aliphatic rings. The smallest absolute Gasteiger partial charge is 0.268 e. The van der Waals surface area contributed by atoms with Crippen LogP contribution in [0.3, 0.4) is 0 Å². The summed E-state index contributed by atoms with van der Waals surface area (Å²) in [6.07, 6.45) is 11.1. The van der Waals surface area contributed by atoms with E-state index in [0.29, 0.717) is 4.88 Å². The van der Waals surface area contributed by atoms with E-state index in [1.807, 2.05) is 19.1 Å². The van der Waals surface area contributed by atoms with Gasteiger partial charge in [-0.25, -0.2) is 0 Å². The quantitative estimate of drug-likeness (QED) is 0.509. The van der Waals surface area contributed by atoms with Crippen molar-refractivity contribution in [2.45, 2.75) is 39.5 Å². The van der Waals surface area contributed by atoms with Crippen LogP contribution in [-0.2, 0) is 17.6 Å². The van der Waals surface area contributed by atoms with Crippen molar-refractivity contribution < 1.29 is 9.59 Å². The number of carbonyl (C=O) groups excluding carboxylic acids is 2. The van der Waals surface area contributed by atoms with Crippen molar-refractivity contribution in [2.24, 2.45) is 5.92 Å². The van der Waals surface area contributed by atoms with Crippen LogP contribution in [0.2, 0.25) is 0 Å². The number of hydrazine groups is 1. The Bertz CT molecular complexity index is 602. The highest BCUT2D eigenvalue weighted by Crippen LogP contribution is 2.33. The molecule has 1 aromatic rings. The average Bonchev–Trinajstić information content (AvgIpc) is 2.95. The maximum absolute atomic E-state index is 12.1. The lowest BCUT2D eigenvalue weighted by atomic mass is 9.87. The molecule has 0 spiro atoms. The summed E-state index contributed by atoms with van der Waals surface area (Å²) < 4.78 is 0. The zero-order valence-corrected chi connectivity index (χ0v) is 13.8. The molecule has 2 N–H and O–H groups in total. The minimum Gasteiger partial charge on any atom is -0.268 e. The summed E-state index contributed by atoms with van der Waals surface area (Å²) >= 11 is 1.54. The van der Waals surface area contributed by atoms with Gasteiger partial charge < -0.3 is 0 Å². The van der Waals surface area contributed by atoms with Crippen molar-refractivity contribution in [3.8, 4) is 0 Å². The molecule has 2 rings (SSSR count). The minimum atomic E-state index is -0.348. The summed E-state index contributed by atoms with van der Waals surface area (Å²) in [4.78, 5) is 25.6. The first-order chi connectivity index (χ1) is 10.6. The van der Waals surface area contributed by atoms with Crippen LogP contribution >= 0.6 is 11.3 Å². The van der Waals surface area contributed by atoms with Crippen LogP contribution in [0.1, 0.15) is 46.8 Å². The Hall–Kier alpha value is -1.88. The molecule has 2 amide bonds. The molecule has 1 aromatic heterocycles. The Labute approximate surface area is 135 Å². The lowest BCUT2D eigenvalue weighted by Crippen LogP contribution is -2.40. The molecule has 0 radical (unpaired) electrons. The number of fused-ring (bicyclic) bond motifs is 1. The number of hydrogen-bond acceptors (Lipinski definition) is 3. The van der Waals surface area contributed by atoms with E-state index >= 15 is 0 Å². The Morgan fingerprint density at radius 2 is 2.18 bits per heavy atom. The van der Waals surface area contributed by atoms with Gasteiger partial charge in [-0.2, -0.15) is 0 Å². The Morgan fingerprint density at radius 1 is 1.36 bits per heavy atom. The highest BCUT2D eigenvalue weighted by atomic mass is 32.1. The summed E-state index contributed by atoms with van der Waals surface area (Å²) in [7, 11) is 0. The molecule has 5 heteroatoms. The van der Waals surface area contributed by atoms with E-state index in [-0.39, 0.29) is 11.8 Å². The molecule has 1 heterocycles.